The average Bonchev–Trinajstić information content (AvgIpc) is 3.94. The van der Waals surface area contributed by atoms with Crippen LogP contribution in [0.1, 0.15) is 83.1 Å². The smallest absolute Gasteiger partial charge is 0.464 e. The molecule has 4 aromatic carbocycles. The molecule has 0 bridgehead atoms. The second-order valence-corrected chi connectivity index (χ2v) is 18.1. The van der Waals surface area contributed by atoms with E-state index in [1.165, 1.54) is 5.56 Å². The van der Waals surface area contributed by atoms with E-state index in [-0.39, 0.29) is 33.6 Å². The molecule has 0 atom stereocenters. The molecule has 3 saturated heterocycles. The predicted octanol–water partition coefficient (Wildman–Crippen LogP) is 10.7. The molecule has 0 N–H and O–H groups in total. The Bertz CT molecular complexity index is 2230. The predicted molar refractivity (Wildman–Crippen MR) is 231 cm³/mol. The zero-order valence-electron chi connectivity index (χ0n) is 35.5. The van der Waals surface area contributed by atoms with E-state index in [1.54, 1.807) is 6.26 Å². The van der Waals surface area contributed by atoms with Crippen molar-refractivity contribution in [3.05, 3.63) is 115 Å². The monoisotopic (exact) mass is 768 g/mol. The van der Waals surface area contributed by atoms with Crippen molar-refractivity contribution in [2.24, 2.45) is 0 Å². The molecule has 0 radical (unpaired) electrons. The third-order valence-corrected chi connectivity index (χ3v) is 12.5. The normalized spacial score (nSPS) is 20.9. The molecule has 0 spiro atoms. The molecular formula is C46H55B3O8. The van der Waals surface area contributed by atoms with Crippen molar-refractivity contribution in [1.29, 1.82) is 0 Å². The van der Waals surface area contributed by atoms with Gasteiger partial charge in [0.1, 0.15) is 16.8 Å². The minimum Gasteiger partial charge on any atom is -0.464 e. The molecule has 6 aromatic rings. The van der Waals surface area contributed by atoms with Crippen molar-refractivity contribution in [1.82, 2.24) is 0 Å². The Morgan fingerprint density at radius 2 is 0.789 bits per heavy atom. The van der Waals surface area contributed by atoms with E-state index in [1.807, 2.05) is 138 Å². The fourth-order valence-corrected chi connectivity index (χ4v) is 6.84. The van der Waals surface area contributed by atoms with Gasteiger partial charge in [-0.15, -0.1) is 0 Å². The summed E-state index contributed by atoms with van der Waals surface area (Å²) in [5.74, 6) is 0. The summed E-state index contributed by atoms with van der Waals surface area (Å²) in [6.07, 6.45) is 1.73. The van der Waals surface area contributed by atoms with Crippen LogP contribution in [0.4, 0.5) is 0 Å². The van der Waals surface area contributed by atoms with Crippen LogP contribution in [-0.2, 0) is 27.9 Å². The first-order chi connectivity index (χ1) is 26.7. The summed E-state index contributed by atoms with van der Waals surface area (Å²) in [7, 11) is -1.43. The molecule has 9 rings (SSSR count). The lowest BCUT2D eigenvalue weighted by atomic mass is 9.49. The van der Waals surface area contributed by atoms with E-state index >= 15 is 0 Å². The Hall–Kier alpha value is -4.09. The van der Waals surface area contributed by atoms with Gasteiger partial charge >= 0.3 is 21.1 Å². The Morgan fingerprint density at radius 1 is 0.386 bits per heavy atom. The highest BCUT2D eigenvalue weighted by molar-refractivity contribution is 7.11. The summed E-state index contributed by atoms with van der Waals surface area (Å²) in [6, 6.07) is 36.9. The summed E-state index contributed by atoms with van der Waals surface area (Å²) in [6.45, 7) is 24.4. The van der Waals surface area contributed by atoms with Crippen molar-refractivity contribution >= 4 is 48.7 Å². The highest BCUT2D eigenvalue weighted by Gasteiger charge is 2.63. The third kappa shape index (κ3) is 8.03. The van der Waals surface area contributed by atoms with Crippen LogP contribution >= 0.6 is 0 Å². The summed E-state index contributed by atoms with van der Waals surface area (Å²) in [4.78, 5) is 0. The molecule has 5 heterocycles. The van der Waals surface area contributed by atoms with Crippen molar-refractivity contribution < 1.29 is 36.8 Å². The van der Waals surface area contributed by atoms with Crippen molar-refractivity contribution in [2.75, 3.05) is 0 Å². The van der Waals surface area contributed by atoms with Crippen LogP contribution in [0.5, 0.6) is 0 Å². The van der Waals surface area contributed by atoms with Gasteiger partial charge in [-0.2, -0.15) is 0 Å². The molecule has 0 saturated carbocycles. The van der Waals surface area contributed by atoms with Gasteiger partial charge in [-0.25, -0.2) is 0 Å². The lowest BCUT2D eigenvalue weighted by Gasteiger charge is -2.32. The summed E-state index contributed by atoms with van der Waals surface area (Å²) in [5.41, 5.74) is 4.91. The van der Waals surface area contributed by atoms with Crippen LogP contribution in [0.25, 0.3) is 44.2 Å². The van der Waals surface area contributed by atoms with Gasteiger partial charge in [0, 0.05) is 21.9 Å². The molecule has 0 unspecified atom stereocenters. The van der Waals surface area contributed by atoms with Crippen molar-refractivity contribution in [3.8, 4) is 22.3 Å². The van der Waals surface area contributed by atoms with E-state index < -0.39 is 21.1 Å². The Balaban J connectivity index is 0.000000135. The van der Waals surface area contributed by atoms with Gasteiger partial charge in [0.15, 0.2) is 0 Å². The maximum atomic E-state index is 6.17. The number of benzene rings is 4. The van der Waals surface area contributed by atoms with Gasteiger partial charge in [-0.05, 0) is 106 Å². The first-order valence-corrected chi connectivity index (χ1v) is 19.9. The molecule has 57 heavy (non-hydrogen) atoms. The SMILES string of the molecule is CC1(C)OB(B2OC(C)(C)C(C)(C)O2)OC1(C)C.CC1(C)OB(c2cc3cccc(-c4ccccc4)c3o2)OC1(C)C.c1ccc(-c2cccc3ccoc23)cc1. The highest BCUT2D eigenvalue weighted by Crippen LogP contribution is 2.43. The minimum absolute atomic E-state index is 0.360. The Kier molecular flexibility index (Phi) is 10.8. The van der Waals surface area contributed by atoms with Crippen LogP contribution in [0.2, 0.25) is 0 Å². The molecule has 8 nitrogen and oxygen atoms in total. The molecule has 3 aliphatic rings. The number of hydrogen-bond donors (Lipinski definition) is 0. The molecule has 0 aliphatic carbocycles. The molecular weight excluding hydrogens is 713 g/mol. The van der Waals surface area contributed by atoms with Gasteiger partial charge in [0.2, 0.25) is 0 Å². The average molecular weight is 768 g/mol. The summed E-state index contributed by atoms with van der Waals surface area (Å²) in [5, 5.41) is 2.21. The largest absolute Gasteiger partial charge is 0.532 e. The fraction of sp³-hybridized carbons (Fsp3) is 0.391. The lowest BCUT2D eigenvalue weighted by Crippen LogP contribution is -2.41. The number of para-hydroxylation sites is 2. The zero-order valence-corrected chi connectivity index (χ0v) is 35.5. The maximum Gasteiger partial charge on any atom is 0.532 e. The second kappa shape index (κ2) is 14.9. The van der Waals surface area contributed by atoms with Crippen molar-refractivity contribution in [2.45, 2.75) is 117 Å². The topological polar surface area (TPSA) is 81.7 Å². The molecule has 2 aromatic heterocycles. The van der Waals surface area contributed by atoms with E-state index in [4.69, 9.17) is 36.8 Å². The van der Waals surface area contributed by atoms with Gasteiger partial charge < -0.3 is 36.8 Å². The fourth-order valence-electron chi connectivity index (χ4n) is 6.84. The summed E-state index contributed by atoms with van der Waals surface area (Å²) >= 11 is 0. The Morgan fingerprint density at radius 3 is 1.25 bits per heavy atom. The van der Waals surface area contributed by atoms with Crippen LogP contribution in [0.15, 0.2) is 124 Å². The maximum absolute atomic E-state index is 6.17. The Labute approximate surface area is 338 Å². The van der Waals surface area contributed by atoms with Crippen molar-refractivity contribution in [3.63, 3.8) is 0 Å². The molecule has 296 valence electrons. The van der Waals surface area contributed by atoms with Gasteiger partial charge in [-0.1, -0.05) is 97.1 Å². The number of fused-ring (bicyclic) bond motifs is 2. The molecule has 3 aliphatic heterocycles. The van der Waals surface area contributed by atoms with Gasteiger partial charge in [0.25, 0.3) is 0 Å². The quantitative estimate of drug-likeness (QED) is 0.164. The van der Waals surface area contributed by atoms with Gasteiger partial charge in [0.05, 0.1) is 39.9 Å². The minimum atomic E-state index is -0.481. The zero-order chi connectivity index (χ0) is 41.0. The van der Waals surface area contributed by atoms with Gasteiger partial charge in [-0.3, -0.25) is 0 Å². The molecule has 3 fully saturated rings. The number of rotatable bonds is 4. The van der Waals surface area contributed by atoms with E-state index in [0.717, 1.165) is 38.6 Å². The van der Waals surface area contributed by atoms with E-state index in [9.17, 15) is 0 Å². The highest BCUT2D eigenvalue weighted by atomic mass is 16.7. The number of furan rings is 2. The molecule has 0 amide bonds. The number of hydrogen-bond acceptors (Lipinski definition) is 8. The van der Waals surface area contributed by atoms with E-state index in [0.29, 0.717) is 5.66 Å². The molecule has 11 heteroatoms. The second-order valence-electron chi connectivity index (χ2n) is 18.1. The van der Waals surface area contributed by atoms with Crippen LogP contribution in [0.3, 0.4) is 0 Å². The first kappa shape index (κ1) is 41.1. The van der Waals surface area contributed by atoms with Crippen LogP contribution < -0.4 is 5.66 Å². The summed E-state index contributed by atoms with van der Waals surface area (Å²) < 4.78 is 47.7. The van der Waals surface area contributed by atoms with Crippen LogP contribution in [-0.4, -0.2) is 54.7 Å². The van der Waals surface area contributed by atoms with E-state index in [2.05, 4.69) is 54.6 Å². The third-order valence-electron chi connectivity index (χ3n) is 12.5. The standard InChI is InChI=1S/C20H21BO3.C14H10O.C12H24B2O4/c1-19(2)20(3,4)24-21(23-19)17-13-15-11-8-12-16(18(15)22-17)14-9-6-5-7-10-14;1-2-5-11(6-3-1)13-8-4-7-12-9-10-15-14(12)13;1-9(2)10(3,4)16-13(15-9)14-17-11(5,6)12(7,8)18-14/h5-13H,1-4H3;1-10H;1-8H3. The van der Waals surface area contributed by atoms with Crippen LogP contribution in [0, 0.1) is 0 Å². The first-order valence-electron chi connectivity index (χ1n) is 19.9. The lowest BCUT2D eigenvalue weighted by molar-refractivity contribution is 0.00578.